The summed E-state index contributed by atoms with van der Waals surface area (Å²) >= 11 is 0. The van der Waals surface area contributed by atoms with Gasteiger partial charge >= 0.3 is 0 Å². The van der Waals surface area contributed by atoms with E-state index in [9.17, 15) is 9.59 Å². The van der Waals surface area contributed by atoms with Crippen LogP contribution in [-0.2, 0) is 24.2 Å². The van der Waals surface area contributed by atoms with Gasteiger partial charge < -0.3 is 19.4 Å². The molecule has 6 rings (SSSR count). The molecule has 3 unspecified atom stereocenters. The van der Waals surface area contributed by atoms with E-state index in [-0.39, 0.29) is 30.1 Å². The van der Waals surface area contributed by atoms with Crippen molar-refractivity contribution in [2.75, 3.05) is 26.2 Å². The van der Waals surface area contributed by atoms with Crippen LogP contribution in [0.5, 0.6) is 5.75 Å². The first-order valence-electron chi connectivity index (χ1n) is 13.1. The second-order valence-corrected chi connectivity index (χ2v) is 10.2. The third-order valence-electron chi connectivity index (χ3n) is 8.04. The Morgan fingerprint density at radius 2 is 1.83 bits per heavy atom. The second kappa shape index (κ2) is 9.66. The molecule has 186 valence electrons. The molecule has 3 atom stereocenters. The molecule has 0 spiro atoms. The molecule has 1 aromatic carbocycles. The molecule has 1 aromatic heterocycles. The quantitative estimate of drug-likeness (QED) is 0.687. The van der Waals surface area contributed by atoms with Gasteiger partial charge in [-0.15, -0.1) is 0 Å². The summed E-state index contributed by atoms with van der Waals surface area (Å²) in [4.78, 5) is 29.7. The minimum absolute atomic E-state index is 0.0959. The molecule has 4 aliphatic rings. The lowest BCUT2D eigenvalue weighted by atomic mass is 9.82. The van der Waals surface area contributed by atoms with Crippen molar-refractivity contribution in [1.29, 1.82) is 0 Å². The summed E-state index contributed by atoms with van der Waals surface area (Å²) in [5.74, 6) is 2.00. The van der Waals surface area contributed by atoms with Gasteiger partial charge in [-0.25, -0.2) is 0 Å². The van der Waals surface area contributed by atoms with Gasteiger partial charge in [0, 0.05) is 32.2 Å². The Morgan fingerprint density at radius 3 is 2.71 bits per heavy atom. The van der Waals surface area contributed by atoms with Gasteiger partial charge in [0.15, 0.2) is 5.76 Å². The van der Waals surface area contributed by atoms with E-state index in [2.05, 4.69) is 27.7 Å². The standard InChI is InChI=1S/C27H34N4O4/c32-25-22-6-1-2-7-23(22)28-27(29-25)31-14-12-30(13-15-31)26(33)24-11-10-21(35-24)17-34-20-9-8-18-4-3-5-19(18)16-20/h8-11,16,22-23,27-28H,1-7,12-15,17H2,(H,29,32). The summed E-state index contributed by atoms with van der Waals surface area (Å²) in [6, 6.07) is 10.1. The van der Waals surface area contributed by atoms with Crippen LogP contribution in [0.25, 0.3) is 0 Å². The van der Waals surface area contributed by atoms with Crippen LogP contribution in [0.1, 0.15) is 59.5 Å². The van der Waals surface area contributed by atoms with Crippen molar-refractivity contribution in [2.45, 2.75) is 63.9 Å². The number of hydrogen-bond acceptors (Lipinski definition) is 6. The Labute approximate surface area is 206 Å². The Hall–Kier alpha value is -2.84. The molecule has 0 bridgehead atoms. The molecule has 8 nitrogen and oxygen atoms in total. The highest BCUT2D eigenvalue weighted by Crippen LogP contribution is 2.28. The highest BCUT2D eigenvalue weighted by atomic mass is 16.5. The molecule has 2 aromatic rings. The molecule has 8 heteroatoms. The van der Waals surface area contributed by atoms with Crippen LogP contribution in [-0.4, -0.2) is 60.1 Å². The van der Waals surface area contributed by atoms with Crippen molar-refractivity contribution < 1.29 is 18.7 Å². The van der Waals surface area contributed by atoms with Crippen molar-refractivity contribution in [3.05, 3.63) is 53.0 Å². The summed E-state index contributed by atoms with van der Waals surface area (Å²) in [5, 5.41) is 6.78. The van der Waals surface area contributed by atoms with Gasteiger partial charge in [-0.2, -0.15) is 0 Å². The van der Waals surface area contributed by atoms with Crippen LogP contribution < -0.4 is 15.4 Å². The van der Waals surface area contributed by atoms with E-state index in [1.165, 1.54) is 24.0 Å². The summed E-state index contributed by atoms with van der Waals surface area (Å²) in [7, 11) is 0. The minimum atomic E-state index is -0.148. The average Bonchev–Trinajstić information content (AvgIpc) is 3.56. The van der Waals surface area contributed by atoms with E-state index in [1.54, 1.807) is 6.07 Å². The first-order chi connectivity index (χ1) is 17.1. The van der Waals surface area contributed by atoms with Crippen LogP contribution in [0.2, 0.25) is 0 Å². The summed E-state index contributed by atoms with van der Waals surface area (Å²) in [6.45, 7) is 2.91. The van der Waals surface area contributed by atoms with Crippen LogP contribution >= 0.6 is 0 Å². The summed E-state index contributed by atoms with van der Waals surface area (Å²) in [6.07, 6.45) is 7.68. The van der Waals surface area contributed by atoms with Gasteiger partial charge in [0.2, 0.25) is 5.91 Å². The van der Waals surface area contributed by atoms with E-state index < -0.39 is 0 Å². The van der Waals surface area contributed by atoms with E-state index >= 15 is 0 Å². The number of aryl methyl sites for hydroxylation is 2. The smallest absolute Gasteiger partial charge is 0.289 e. The van der Waals surface area contributed by atoms with Gasteiger partial charge in [0.1, 0.15) is 24.4 Å². The number of amides is 2. The molecule has 1 saturated carbocycles. The van der Waals surface area contributed by atoms with E-state index in [1.807, 2.05) is 17.0 Å². The zero-order valence-corrected chi connectivity index (χ0v) is 20.1. The predicted molar refractivity (Wildman–Crippen MR) is 130 cm³/mol. The van der Waals surface area contributed by atoms with E-state index in [0.29, 0.717) is 44.3 Å². The number of ether oxygens (including phenoxy) is 1. The number of benzene rings is 1. The predicted octanol–water partition coefficient (Wildman–Crippen LogP) is 2.67. The highest BCUT2D eigenvalue weighted by Gasteiger charge is 2.40. The first kappa shape index (κ1) is 22.6. The normalized spacial score (nSPS) is 26.7. The van der Waals surface area contributed by atoms with Gasteiger partial charge in [0.05, 0.1) is 5.92 Å². The van der Waals surface area contributed by atoms with E-state index in [4.69, 9.17) is 9.15 Å². The van der Waals surface area contributed by atoms with Gasteiger partial charge in [-0.3, -0.25) is 19.8 Å². The lowest BCUT2D eigenvalue weighted by Gasteiger charge is -2.46. The number of hydrogen-bond donors (Lipinski definition) is 2. The maximum absolute atomic E-state index is 13.0. The summed E-state index contributed by atoms with van der Waals surface area (Å²) < 4.78 is 11.7. The fourth-order valence-corrected chi connectivity index (χ4v) is 6.03. The van der Waals surface area contributed by atoms with Crippen molar-refractivity contribution >= 4 is 11.8 Å². The molecule has 2 saturated heterocycles. The maximum Gasteiger partial charge on any atom is 0.289 e. The van der Waals surface area contributed by atoms with Crippen LogP contribution in [0.4, 0.5) is 0 Å². The van der Waals surface area contributed by atoms with Crippen LogP contribution in [0.15, 0.2) is 34.7 Å². The molecule has 2 amide bonds. The Balaban J connectivity index is 1.00. The number of nitrogens with one attached hydrogen (secondary N) is 2. The molecular formula is C27H34N4O4. The zero-order valence-electron chi connectivity index (χ0n) is 20.1. The van der Waals surface area contributed by atoms with E-state index in [0.717, 1.165) is 37.9 Å². The molecule has 2 aliphatic heterocycles. The van der Waals surface area contributed by atoms with Gasteiger partial charge in [-0.1, -0.05) is 18.9 Å². The molecule has 3 heterocycles. The maximum atomic E-state index is 13.0. The van der Waals surface area contributed by atoms with Crippen LogP contribution in [0.3, 0.4) is 0 Å². The van der Waals surface area contributed by atoms with Crippen molar-refractivity contribution in [1.82, 2.24) is 20.4 Å². The molecular weight excluding hydrogens is 444 g/mol. The topological polar surface area (TPSA) is 87.1 Å². The number of carbonyl (C=O) groups is 2. The number of furan rings is 1. The van der Waals surface area contributed by atoms with Gasteiger partial charge in [-0.05, 0) is 67.5 Å². The number of carbonyl (C=O) groups excluding carboxylic acids is 2. The molecule has 3 fully saturated rings. The monoisotopic (exact) mass is 478 g/mol. The SMILES string of the molecule is O=C1NC(N2CCN(C(=O)c3ccc(COc4ccc5c(c4)CCC5)o3)CC2)NC2CCCCC12. The fraction of sp³-hybridized carbons (Fsp3) is 0.556. The fourth-order valence-electron chi connectivity index (χ4n) is 6.03. The number of rotatable bonds is 5. The average molecular weight is 479 g/mol. The van der Waals surface area contributed by atoms with Crippen molar-refractivity contribution in [3.8, 4) is 5.75 Å². The molecule has 2 N–H and O–H groups in total. The number of piperazine rings is 1. The molecule has 35 heavy (non-hydrogen) atoms. The zero-order chi connectivity index (χ0) is 23.8. The molecule has 2 aliphatic carbocycles. The second-order valence-electron chi connectivity index (χ2n) is 10.2. The van der Waals surface area contributed by atoms with Crippen molar-refractivity contribution in [3.63, 3.8) is 0 Å². The summed E-state index contributed by atoms with van der Waals surface area (Å²) in [5.41, 5.74) is 2.79. The Kier molecular flexibility index (Phi) is 6.24. The molecule has 0 radical (unpaired) electrons. The number of fused-ring (bicyclic) bond motifs is 2. The number of nitrogens with zero attached hydrogens (tertiary/aromatic N) is 2. The third kappa shape index (κ3) is 4.69. The largest absolute Gasteiger partial charge is 0.486 e. The highest BCUT2D eigenvalue weighted by molar-refractivity contribution is 5.91. The van der Waals surface area contributed by atoms with Crippen LogP contribution in [0, 0.1) is 5.92 Å². The first-order valence-corrected chi connectivity index (χ1v) is 13.1. The minimum Gasteiger partial charge on any atom is -0.486 e. The van der Waals surface area contributed by atoms with Gasteiger partial charge in [0.25, 0.3) is 5.91 Å². The van der Waals surface area contributed by atoms with Crippen molar-refractivity contribution in [2.24, 2.45) is 5.92 Å². The Morgan fingerprint density at radius 1 is 1.00 bits per heavy atom. The lowest BCUT2D eigenvalue weighted by Crippen LogP contribution is -2.69. The Bertz CT molecular complexity index is 1090. The third-order valence-corrected chi connectivity index (χ3v) is 8.04. The lowest BCUT2D eigenvalue weighted by molar-refractivity contribution is -0.134.